The number of anilines is 2. The van der Waals surface area contributed by atoms with Gasteiger partial charge in [0.15, 0.2) is 0 Å². The first-order chi connectivity index (χ1) is 10.2. The summed E-state index contributed by atoms with van der Waals surface area (Å²) in [5, 5.41) is 23.0. The third-order valence-corrected chi connectivity index (χ3v) is 3.70. The normalized spacial score (nSPS) is 16.0. The number of hydrogen-bond donors (Lipinski definition) is 2. The van der Waals surface area contributed by atoms with Crippen LogP contribution in [0.3, 0.4) is 0 Å². The van der Waals surface area contributed by atoms with Crippen LogP contribution in [-0.4, -0.2) is 60.8 Å². The van der Waals surface area contributed by atoms with Crippen LogP contribution in [0.2, 0.25) is 0 Å². The van der Waals surface area contributed by atoms with Crippen molar-refractivity contribution in [2.45, 2.75) is 6.92 Å². The average molecular weight is 294 g/mol. The van der Waals surface area contributed by atoms with Crippen LogP contribution in [0.4, 0.5) is 17.1 Å². The molecule has 116 valence electrons. The summed E-state index contributed by atoms with van der Waals surface area (Å²) >= 11 is 0. The van der Waals surface area contributed by atoms with Crippen molar-refractivity contribution in [3.63, 3.8) is 0 Å². The fourth-order valence-electron chi connectivity index (χ4n) is 2.58. The molecule has 0 aliphatic carbocycles. The molecular formula is C14H22N4O3. The number of aliphatic hydroxyl groups is 1. The number of hydrogen-bond acceptors (Lipinski definition) is 6. The molecule has 0 bridgehead atoms. The first-order valence-corrected chi connectivity index (χ1v) is 7.26. The number of β-amino-alcohol motifs (C(OH)–C–C–N with tert-alkyl or cyclic N) is 1. The summed E-state index contributed by atoms with van der Waals surface area (Å²) in [6, 6.07) is 5.22. The molecule has 21 heavy (non-hydrogen) atoms. The van der Waals surface area contributed by atoms with Gasteiger partial charge in [-0.25, -0.2) is 0 Å². The van der Waals surface area contributed by atoms with E-state index < -0.39 is 0 Å². The number of nitro benzene ring substituents is 1. The zero-order valence-electron chi connectivity index (χ0n) is 12.3. The van der Waals surface area contributed by atoms with E-state index in [4.69, 9.17) is 5.11 Å². The van der Waals surface area contributed by atoms with Gasteiger partial charge >= 0.3 is 0 Å². The Labute approximate surface area is 124 Å². The van der Waals surface area contributed by atoms with Gasteiger partial charge in [0.05, 0.1) is 11.5 Å². The summed E-state index contributed by atoms with van der Waals surface area (Å²) in [7, 11) is 0. The van der Waals surface area contributed by atoms with Gasteiger partial charge in [-0.2, -0.15) is 0 Å². The SMILES string of the molecule is CCNc1cc(N2CCN(CCO)CC2)ccc1[N+](=O)[O-]. The fraction of sp³-hybridized carbons (Fsp3) is 0.571. The molecule has 1 heterocycles. The molecule has 0 radical (unpaired) electrons. The Balaban J connectivity index is 2.10. The number of nitrogens with zero attached hydrogens (tertiary/aromatic N) is 3. The van der Waals surface area contributed by atoms with E-state index in [9.17, 15) is 10.1 Å². The highest BCUT2D eigenvalue weighted by Gasteiger charge is 2.19. The van der Waals surface area contributed by atoms with E-state index in [0.29, 0.717) is 18.8 Å². The lowest BCUT2D eigenvalue weighted by atomic mass is 10.2. The molecular weight excluding hydrogens is 272 g/mol. The summed E-state index contributed by atoms with van der Waals surface area (Å²) in [6.07, 6.45) is 0. The molecule has 0 atom stereocenters. The first kappa shape index (κ1) is 15.5. The van der Waals surface area contributed by atoms with Crippen molar-refractivity contribution in [3.8, 4) is 0 Å². The van der Waals surface area contributed by atoms with Crippen LogP contribution in [-0.2, 0) is 0 Å². The molecule has 0 saturated carbocycles. The van der Waals surface area contributed by atoms with Gasteiger partial charge in [0.1, 0.15) is 5.69 Å². The van der Waals surface area contributed by atoms with E-state index in [2.05, 4.69) is 15.1 Å². The molecule has 0 spiro atoms. The number of aliphatic hydroxyl groups excluding tert-OH is 1. The van der Waals surface area contributed by atoms with Crippen molar-refractivity contribution < 1.29 is 10.0 Å². The van der Waals surface area contributed by atoms with E-state index in [1.54, 1.807) is 12.1 Å². The summed E-state index contributed by atoms with van der Waals surface area (Å²) in [6.45, 7) is 6.98. The van der Waals surface area contributed by atoms with Crippen LogP contribution >= 0.6 is 0 Å². The maximum Gasteiger partial charge on any atom is 0.292 e. The van der Waals surface area contributed by atoms with Crippen LogP contribution in [0.15, 0.2) is 18.2 Å². The highest BCUT2D eigenvalue weighted by atomic mass is 16.6. The molecule has 1 aromatic rings. The number of nitrogens with one attached hydrogen (secondary N) is 1. The van der Waals surface area contributed by atoms with E-state index in [0.717, 1.165) is 31.9 Å². The monoisotopic (exact) mass is 294 g/mol. The van der Waals surface area contributed by atoms with E-state index in [1.807, 2.05) is 13.0 Å². The van der Waals surface area contributed by atoms with E-state index in [1.165, 1.54) is 0 Å². The standard InChI is InChI=1S/C14H22N4O3/c1-2-15-13-11-12(3-4-14(13)18(20)21)17-7-5-16(6-8-17)9-10-19/h3-4,11,15,19H,2,5-10H2,1H3. The van der Waals surface area contributed by atoms with Gasteiger partial charge in [0.25, 0.3) is 5.69 Å². The quantitative estimate of drug-likeness (QED) is 0.605. The lowest BCUT2D eigenvalue weighted by Crippen LogP contribution is -2.47. The number of piperazine rings is 1. The first-order valence-electron chi connectivity index (χ1n) is 7.26. The van der Waals surface area contributed by atoms with Crippen LogP contribution < -0.4 is 10.2 Å². The van der Waals surface area contributed by atoms with Crippen LogP contribution in [0.5, 0.6) is 0 Å². The van der Waals surface area contributed by atoms with Crippen molar-refractivity contribution in [2.24, 2.45) is 0 Å². The zero-order chi connectivity index (χ0) is 15.2. The number of rotatable bonds is 6. The molecule has 0 amide bonds. The van der Waals surface area contributed by atoms with Crippen molar-refractivity contribution in [3.05, 3.63) is 28.3 Å². The third-order valence-electron chi connectivity index (χ3n) is 3.70. The number of nitro groups is 1. The lowest BCUT2D eigenvalue weighted by molar-refractivity contribution is -0.383. The van der Waals surface area contributed by atoms with Crippen molar-refractivity contribution in [2.75, 3.05) is 56.1 Å². The minimum Gasteiger partial charge on any atom is -0.395 e. The second kappa shape index (κ2) is 7.24. The van der Waals surface area contributed by atoms with Gasteiger partial charge < -0.3 is 15.3 Å². The summed E-state index contributed by atoms with van der Waals surface area (Å²) in [5.74, 6) is 0. The van der Waals surface area contributed by atoms with Crippen LogP contribution in [0.25, 0.3) is 0 Å². The molecule has 2 rings (SSSR count). The van der Waals surface area contributed by atoms with Crippen molar-refractivity contribution in [1.29, 1.82) is 0 Å². The minimum atomic E-state index is -0.360. The highest BCUT2D eigenvalue weighted by Crippen LogP contribution is 2.29. The molecule has 1 fully saturated rings. The molecule has 1 aliphatic heterocycles. The van der Waals surface area contributed by atoms with Gasteiger partial charge in [-0.15, -0.1) is 0 Å². The molecule has 0 aromatic heterocycles. The maximum absolute atomic E-state index is 11.0. The van der Waals surface area contributed by atoms with Gasteiger partial charge in [-0.3, -0.25) is 15.0 Å². The predicted molar refractivity (Wildman–Crippen MR) is 83.0 cm³/mol. The minimum absolute atomic E-state index is 0.111. The second-order valence-corrected chi connectivity index (χ2v) is 5.04. The smallest absolute Gasteiger partial charge is 0.292 e. The Kier molecular flexibility index (Phi) is 5.35. The molecule has 1 aromatic carbocycles. The topological polar surface area (TPSA) is 81.9 Å². The maximum atomic E-state index is 11.0. The Hall–Kier alpha value is -1.86. The van der Waals surface area contributed by atoms with Crippen LogP contribution in [0, 0.1) is 10.1 Å². The van der Waals surface area contributed by atoms with E-state index in [-0.39, 0.29) is 17.2 Å². The molecule has 0 unspecified atom stereocenters. The molecule has 2 N–H and O–H groups in total. The van der Waals surface area contributed by atoms with Crippen molar-refractivity contribution in [1.82, 2.24) is 4.90 Å². The molecule has 1 saturated heterocycles. The zero-order valence-corrected chi connectivity index (χ0v) is 12.3. The fourth-order valence-corrected chi connectivity index (χ4v) is 2.58. The highest BCUT2D eigenvalue weighted by molar-refractivity contribution is 5.69. The van der Waals surface area contributed by atoms with Crippen molar-refractivity contribution >= 4 is 17.1 Å². The summed E-state index contributed by atoms with van der Waals surface area (Å²) < 4.78 is 0. The Morgan fingerprint density at radius 2 is 2.05 bits per heavy atom. The third kappa shape index (κ3) is 3.83. The molecule has 7 nitrogen and oxygen atoms in total. The predicted octanol–water partition coefficient (Wildman–Crippen LogP) is 1.14. The summed E-state index contributed by atoms with van der Waals surface area (Å²) in [5.41, 5.74) is 1.68. The van der Waals surface area contributed by atoms with E-state index >= 15 is 0 Å². The summed E-state index contributed by atoms with van der Waals surface area (Å²) in [4.78, 5) is 15.1. The Morgan fingerprint density at radius 1 is 1.33 bits per heavy atom. The Morgan fingerprint density at radius 3 is 2.62 bits per heavy atom. The molecule has 7 heteroatoms. The number of benzene rings is 1. The molecule has 1 aliphatic rings. The Bertz CT molecular complexity index is 487. The lowest BCUT2D eigenvalue weighted by Gasteiger charge is -2.35. The van der Waals surface area contributed by atoms with Crippen LogP contribution in [0.1, 0.15) is 6.92 Å². The second-order valence-electron chi connectivity index (χ2n) is 5.04. The van der Waals surface area contributed by atoms with Gasteiger partial charge in [0, 0.05) is 51.0 Å². The average Bonchev–Trinajstić information content (AvgIpc) is 2.48. The van der Waals surface area contributed by atoms with Gasteiger partial charge in [-0.05, 0) is 19.1 Å². The van der Waals surface area contributed by atoms with Gasteiger partial charge in [-0.1, -0.05) is 0 Å². The largest absolute Gasteiger partial charge is 0.395 e. The van der Waals surface area contributed by atoms with Gasteiger partial charge in [0.2, 0.25) is 0 Å².